The Bertz CT molecular complexity index is 579. The van der Waals surface area contributed by atoms with Crippen molar-refractivity contribution in [2.45, 2.75) is 36.7 Å². The molecule has 2 rings (SSSR count). The largest absolute Gasteiger partial charge is 0.317 e. The van der Waals surface area contributed by atoms with Gasteiger partial charge in [-0.15, -0.1) is 0 Å². The molecule has 1 unspecified atom stereocenters. The van der Waals surface area contributed by atoms with Gasteiger partial charge in [0.05, 0.1) is 4.90 Å². The maximum absolute atomic E-state index is 12.2. The Hall–Kier alpha value is -0.950. The smallest absolute Gasteiger partial charge is 0.242 e. The maximum Gasteiger partial charge on any atom is 0.242 e. The van der Waals surface area contributed by atoms with Crippen LogP contribution in [0.4, 0.5) is 0 Å². The predicted octanol–water partition coefficient (Wildman–Crippen LogP) is 1.51. The molecule has 1 aromatic carbocycles. The molecule has 0 saturated carbocycles. The van der Waals surface area contributed by atoms with Gasteiger partial charge in [0.2, 0.25) is 10.0 Å². The van der Waals surface area contributed by atoms with Gasteiger partial charge in [-0.3, -0.25) is 4.90 Å². The summed E-state index contributed by atoms with van der Waals surface area (Å²) in [6.45, 7) is 2.94. The van der Waals surface area contributed by atoms with Gasteiger partial charge in [-0.2, -0.15) is 0 Å². The molecule has 1 aromatic rings. The molecule has 1 aliphatic heterocycles. The summed E-state index contributed by atoms with van der Waals surface area (Å²) in [6.07, 6.45) is 3.54. The molecule has 1 N–H and O–H groups in total. The van der Waals surface area contributed by atoms with Gasteiger partial charge in [0.1, 0.15) is 0 Å². The van der Waals surface area contributed by atoms with Crippen LogP contribution in [0.25, 0.3) is 0 Å². The van der Waals surface area contributed by atoms with E-state index in [1.54, 1.807) is 26.2 Å². The highest BCUT2D eigenvalue weighted by Gasteiger charge is 2.19. The summed E-state index contributed by atoms with van der Waals surface area (Å²) in [6, 6.07) is 7.84. The van der Waals surface area contributed by atoms with Gasteiger partial charge in [-0.05, 0) is 57.1 Å². The summed E-state index contributed by atoms with van der Waals surface area (Å²) < 4.78 is 25.7. The van der Waals surface area contributed by atoms with Crippen LogP contribution >= 0.6 is 0 Å². The topological polar surface area (TPSA) is 52.7 Å². The van der Waals surface area contributed by atoms with E-state index in [2.05, 4.69) is 17.3 Å². The van der Waals surface area contributed by atoms with Gasteiger partial charge >= 0.3 is 0 Å². The van der Waals surface area contributed by atoms with E-state index in [9.17, 15) is 8.42 Å². The Morgan fingerprint density at radius 3 is 2.68 bits per heavy atom. The van der Waals surface area contributed by atoms with Crippen molar-refractivity contribution >= 4 is 10.0 Å². The van der Waals surface area contributed by atoms with Crippen LogP contribution in [0.5, 0.6) is 0 Å². The first-order chi connectivity index (χ1) is 10.4. The third-order valence-corrected chi connectivity index (χ3v) is 6.09. The molecule has 1 aliphatic rings. The second-order valence-electron chi connectivity index (χ2n) is 6.18. The van der Waals surface area contributed by atoms with E-state index in [-0.39, 0.29) is 0 Å². The molecule has 0 amide bonds. The molecular weight excluding hydrogens is 298 g/mol. The molecule has 124 valence electrons. The fourth-order valence-electron chi connectivity index (χ4n) is 2.87. The van der Waals surface area contributed by atoms with Crippen molar-refractivity contribution in [1.29, 1.82) is 0 Å². The zero-order valence-electron chi connectivity index (χ0n) is 13.7. The number of sulfonamides is 1. The number of rotatable bonds is 5. The zero-order valence-corrected chi connectivity index (χ0v) is 14.6. The van der Waals surface area contributed by atoms with Crippen LogP contribution in [0.3, 0.4) is 0 Å². The first-order valence-electron chi connectivity index (χ1n) is 7.83. The van der Waals surface area contributed by atoms with E-state index >= 15 is 0 Å². The summed E-state index contributed by atoms with van der Waals surface area (Å²) in [5, 5.41) is 3.43. The van der Waals surface area contributed by atoms with Crippen LogP contribution in [-0.4, -0.2) is 57.9 Å². The fourth-order valence-corrected chi connectivity index (χ4v) is 3.85. The summed E-state index contributed by atoms with van der Waals surface area (Å²) in [7, 11) is 1.89. The van der Waals surface area contributed by atoms with Gasteiger partial charge in [0, 0.05) is 26.7 Å². The first kappa shape index (κ1) is 17.4. The predicted molar refractivity (Wildman–Crippen MR) is 89.3 cm³/mol. The quantitative estimate of drug-likeness (QED) is 0.892. The monoisotopic (exact) mass is 325 g/mol. The summed E-state index contributed by atoms with van der Waals surface area (Å²) in [4.78, 5) is 2.71. The van der Waals surface area contributed by atoms with Crippen LogP contribution in [0.1, 0.15) is 24.8 Å². The van der Waals surface area contributed by atoms with E-state index in [4.69, 9.17) is 0 Å². The zero-order chi connectivity index (χ0) is 16.2. The fraction of sp³-hybridized carbons (Fsp3) is 0.625. The second-order valence-corrected chi connectivity index (χ2v) is 8.34. The third-order valence-electron chi connectivity index (χ3n) is 4.28. The SMILES string of the molecule is CN(Cc1cccc(S(=O)(=O)N(C)C)c1)C1CCCNCC1. The minimum absolute atomic E-state index is 0.367. The van der Waals surface area contributed by atoms with Crippen LogP contribution in [-0.2, 0) is 16.6 Å². The van der Waals surface area contributed by atoms with E-state index in [1.165, 1.54) is 17.1 Å². The summed E-state index contributed by atoms with van der Waals surface area (Å²) in [5.74, 6) is 0. The average molecular weight is 325 g/mol. The lowest BCUT2D eigenvalue weighted by atomic mass is 10.1. The molecule has 0 aromatic heterocycles. The van der Waals surface area contributed by atoms with Crippen molar-refractivity contribution in [1.82, 2.24) is 14.5 Å². The van der Waals surface area contributed by atoms with Crippen molar-refractivity contribution in [3.63, 3.8) is 0 Å². The Kier molecular flexibility index (Phi) is 5.97. The Morgan fingerprint density at radius 2 is 1.95 bits per heavy atom. The lowest BCUT2D eigenvalue weighted by molar-refractivity contribution is 0.216. The molecule has 0 radical (unpaired) electrons. The number of nitrogens with one attached hydrogen (secondary N) is 1. The number of hydrogen-bond donors (Lipinski definition) is 1. The highest BCUT2D eigenvalue weighted by molar-refractivity contribution is 7.89. The normalized spacial score (nSPS) is 20.3. The molecule has 1 heterocycles. The molecule has 6 heteroatoms. The highest BCUT2D eigenvalue weighted by Crippen LogP contribution is 2.18. The average Bonchev–Trinajstić information content (AvgIpc) is 2.76. The molecule has 5 nitrogen and oxygen atoms in total. The molecule has 1 fully saturated rings. The van der Waals surface area contributed by atoms with E-state index in [1.807, 2.05) is 12.1 Å². The lowest BCUT2D eigenvalue weighted by Crippen LogP contribution is -2.32. The maximum atomic E-state index is 12.2. The Balaban J connectivity index is 2.10. The van der Waals surface area contributed by atoms with Crippen LogP contribution in [0.15, 0.2) is 29.2 Å². The molecule has 0 spiro atoms. The molecular formula is C16H27N3O2S. The van der Waals surface area contributed by atoms with Crippen molar-refractivity contribution in [3.05, 3.63) is 29.8 Å². The molecule has 0 aliphatic carbocycles. The minimum atomic E-state index is -3.36. The van der Waals surface area contributed by atoms with Crippen molar-refractivity contribution in [3.8, 4) is 0 Å². The number of benzene rings is 1. The Labute approximate surface area is 134 Å². The molecule has 1 saturated heterocycles. The van der Waals surface area contributed by atoms with E-state index < -0.39 is 10.0 Å². The van der Waals surface area contributed by atoms with Crippen molar-refractivity contribution in [2.24, 2.45) is 0 Å². The van der Waals surface area contributed by atoms with Gasteiger partial charge in [0.15, 0.2) is 0 Å². The standard InChI is InChI=1S/C16H27N3O2S/c1-18(2)22(20,21)16-8-4-6-14(12-16)13-19(3)15-7-5-10-17-11-9-15/h4,6,8,12,15,17H,5,7,9-11,13H2,1-3H3. The number of nitrogens with zero attached hydrogens (tertiary/aromatic N) is 2. The van der Waals surface area contributed by atoms with E-state index in [0.717, 1.165) is 31.6 Å². The first-order valence-corrected chi connectivity index (χ1v) is 9.27. The summed E-state index contributed by atoms with van der Waals surface area (Å²) in [5.41, 5.74) is 1.04. The number of hydrogen-bond acceptors (Lipinski definition) is 4. The van der Waals surface area contributed by atoms with Crippen LogP contribution in [0, 0.1) is 0 Å². The van der Waals surface area contributed by atoms with Crippen molar-refractivity contribution < 1.29 is 8.42 Å². The molecule has 0 bridgehead atoms. The van der Waals surface area contributed by atoms with Crippen molar-refractivity contribution in [2.75, 3.05) is 34.2 Å². The summed E-state index contributed by atoms with van der Waals surface area (Å²) >= 11 is 0. The van der Waals surface area contributed by atoms with Gasteiger partial charge < -0.3 is 5.32 Å². The van der Waals surface area contributed by atoms with Crippen LogP contribution in [0.2, 0.25) is 0 Å². The Morgan fingerprint density at radius 1 is 1.18 bits per heavy atom. The lowest BCUT2D eigenvalue weighted by Gasteiger charge is -2.27. The van der Waals surface area contributed by atoms with Gasteiger partial charge in [0.25, 0.3) is 0 Å². The van der Waals surface area contributed by atoms with Gasteiger partial charge in [-0.1, -0.05) is 12.1 Å². The molecule has 1 atom stereocenters. The third kappa shape index (κ3) is 4.29. The van der Waals surface area contributed by atoms with E-state index in [0.29, 0.717) is 10.9 Å². The second kappa shape index (κ2) is 7.55. The molecule has 22 heavy (non-hydrogen) atoms. The van der Waals surface area contributed by atoms with Gasteiger partial charge in [-0.25, -0.2) is 12.7 Å². The van der Waals surface area contributed by atoms with Crippen LogP contribution < -0.4 is 5.32 Å². The highest BCUT2D eigenvalue weighted by atomic mass is 32.2. The minimum Gasteiger partial charge on any atom is -0.317 e.